The topological polar surface area (TPSA) is 97.6 Å². The highest BCUT2D eigenvalue weighted by atomic mass is 35.5. The van der Waals surface area contributed by atoms with Crippen LogP contribution in [-0.4, -0.2) is 37.7 Å². The van der Waals surface area contributed by atoms with Crippen LogP contribution >= 0.6 is 11.6 Å². The lowest BCUT2D eigenvalue weighted by Gasteiger charge is -2.31. The second-order valence-corrected chi connectivity index (χ2v) is 7.12. The first-order valence-electron chi connectivity index (χ1n) is 9.34. The van der Waals surface area contributed by atoms with Gasteiger partial charge in [-0.05, 0) is 31.4 Å². The number of hydrogen-bond donors (Lipinski definition) is 1. The summed E-state index contributed by atoms with van der Waals surface area (Å²) < 4.78 is 15.9. The predicted octanol–water partition coefficient (Wildman–Crippen LogP) is 3.64. The molecule has 0 spiro atoms. The van der Waals surface area contributed by atoms with E-state index in [9.17, 15) is 14.9 Å². The van der Waals surface area contributed by atoms with Gasteiger partial charge in [-0.2, -0.15) is 5.26 Å². The lowest BCUT2D eigenvalue weighted by molar-refractivity contribution is -0.125. The molecule has 1 fully saturated rings. The second kappa shape index (κ2) is 10.2. The molecule has 1 aliphatic carbocycles. The van der Waals surface area contributed by atoms with Crippen molar-refractivity contribution < 1.29 is 23.8 Å². The van der Waals surface area contributed by atoms with Crippen LogP contribution in [0.1, 0.15) is 55.8 Å². The van der Waals surface area contributed by atoms with E-state index in [1.165, 1.54) is 19.2 Å². The van der Waals surface area contributed by atoms with Crippen molar-refractivity contribution >= 4 is 23.5 Å². The molecule has 0 unspecified atom stereocenters. The predicted molar refractivity (Wildman–Crippen MR) is 104 cm³/mol. The zero-order valence-electron chi connectivity index (χ0n) is 16.2. The van der Waals surface area contributed by atoms with Gasteiger partial charge in [0.2, 0.25) is 0 Å². The van der Waals surface area contributed by atoms with Gasteiger partial charge in [-0.25, -0.2) is 4.79 Å². The van der Waals surface area contributed by atoms with E-state index in [1.54, 1.807) is 0 Å². The normalized spacial score (nSPS) is 15.2. The van der Waals surface area contributed by atoms with E-state index in [1.807, 2.05) is 6.92 Å². The minimum Gasteiger partial charge on any atom is -0.493 e. The van der Waals surface area contributed by atoms with E-state index in [0.717, 1.165) is 25.7 Å². The van der Waals surface area contributed by atoms with Crippen molar-refractivity contribution in [2.45, 2.75) is 51.0 Å². The van der Waals surface area contributed by atoms with E-state index < -0.39 is 24.0 Å². The van der Waals surface area contributed by atoms with Gasteiger partial charge in [0, 0.05) is 0 Å². The molecule has 0 aromatic heterocycles. The minimum absolute atomic E-state index is 0.145. The number of carbonyl (C=O) groups excluding carboxylic acids is 2. The molecule has 1 aromatic rings. The van der Waals surface area contributed by atoms with Crippen LogP contribution in [0, 0.1) is 11.3 Å². The molecular weight excluding hydrogens is 384 g/mol. The number of nitriles is 1. The Hall–Kier alpha value is -2.46. The maximum atomic E-state index is 12.3. The van der Waals surface area contributed by atoms with Crippen LogP contribution in [0.15, 0.2) is 12.1 Å². The van der Waals surface area contributed by atoms with Crippen molar-refractivity contribution in [2.75, 3.05) is 20.3 Å². The molecule has 1 saturated carbocycles. The minimum atomic E-state index is -0.869. The fourth-order valence-corrected chi connectivity index (χ4v) is 3.38. The number of methoxy groups -OCH3 is 1. The molecule has 152 valence electrons. The van der Waals surface area contributed by atoms with E-state index in [2.05, 4.69) is 11.4 Å². The number of rotatable bonds is 8. The number of halogens is 1. The first-order chi connectivity index (χ1) is 13.4. The number of amides is 1. The highest BCUT2D eigenvalue weighted by molar-refractivity contribution is 6.32. The molecule has 1 amide bonds. The van der Waals surface area contributed by atoms with E-state index in [-0.39, 0.29) is 10.6 Å². The van der Waals surface area contributed by atoms with Crippen molar-refractivity contribution in [3.8, 4) is 17.6 Å². The molecule has 1 N–H and O–H groups in total. The first-order valence-corrected chi connectivity index (χ1v) is 9.72. The van der Waals surface area contributed by atoms with Crippen molar-refractivity contribution in [3.63, 3.8) is 0 Å². The molecule has 1 aliphatic rings. The zero-order valence-corrected chi connectivity index (χ0v) is 16.9. The molecule has 1 aromatic carbocycles. The number of nitrogens with one attached hydrogen (secondary N) is 1. The number of benzene rings is 1. The molecule has 7 nitrogen and oxygen atoms in total. The average Bonchev–Trinajstić information content (AvgIpc) is 2.71. The maximum absolute atomic E-state index is 12.3. The van der Waals surface area contributed by atoms with Gasteiger partial charge in [0.25, 0.3) is 5.91 Å². The smallest absolute Gasteiger partial charge is 0.338 e. The summed E-state index contributed by atoms with van der Waals surface area (Å²) in [6.07, 6.45) is 4.83. The Morgan fingerprint density at radius 2 is 2.00 bits per heavy atom. The van der Waals surface area contributed by atoms with E-state index in [0.29, 0.717) is 30.9 Å². The Balaban J connectivity index is 1.99. The summed E-state index contributed by atoms with van der Waals surface area (Å²) >= 11 is 6.19. The molecule has 0 aliphatic heterocycles. The molecule has 0 atom stereocenters. The molecule has 0 heterocycles. The Kier molecular flexibility index (Phi) is 7.94. The van der Waals surface area contributed by atoms with Gasteiger partial charge in [-0.1, -0.05) is 37.8 Å². The summed E-state index contributed by atoms with van der Waals surface area (Å²) in [5, 5.41) is 12.3. The standard InChI is InChI=1S/C20H25ClN2O5/c1-3-9-27-18-15(21)10-14(11-16(18)26-2)19(25)28-12-17(24)23-20(13-22)7-5-4-6-8-20/h10-11H,3-9,12H2,1-2H3,(H,23,24). The highest BCUT2D eigenvalue weighted by Gasteiger charge is 2.33. The fraction of sp³-hybridized carbons (Fsp3) is 0.550. The third-order valence-corrected chi connectivity index (χ3v) is 4.83. The Bertz CT molecular complexity index is 754. The Morgan fingerprint density at radius 3 is 2.61 bits per heavy atom. The molecule has 0 saturated heterocycles. The van der Waals surface area contributed by atoms with Crippen molar-refractivity contribution in [1.82, 2.24) is 5.32 Å². The number of carbonyl (C=O) groups is 2. The fourth-order valence-electron chi connectivity index (χ4n) is 3.12. The van der Waals surface area contributed by atoms with Gasteiger partial charge >= 0.3 is 5.97 Å². The van der Waals surface area contributed by atoms with Crippen LogP contribution in [0.25, 0.3) is 0 Å². The average molecular weight is 409 g/mol. The monoisotopic (exact) mass is 408 g/mol. The van der Waals surface area contributed by atoms with E-state index in [4.69, 9.17) is 25.8 Å². The molecule has 28 heavy (non-hydrogen) atoms. The van der Waals surface area contributed by atoms with Gasteiger partial charge in [-0.3, -0.25) is 4.79 Å². The summed E-state index contributed by atoms with van der Waals surface area (Å²) in [7, 11) is 1.44. The zero-order chi connectivity index (χ0) is 20.6. The van der Waals surface area contributed by atoms with Crippen LogP contribution in [0.2, 0.25) is 5.02 Å². The number of nitrogens with zero attached hydrogens (tertiary/aromatic N) is 1. The molecule has 0 radical (unpaired) electrons. The van der Waals surface area contributed by atoms with Crippen molar-refractivity contribution in [2.24, 2.45) is 0 Å². The van der Waals surface area contributed by atoms with Gasteiger partial charge in [-0.15, -0.1) is 0 Å². The second-order valence-electron chi connectivity index (χ2n) is 6.72. The van der Waals surface area contributed by atoms with Crippen molar-refractivity contribution in [1.29, 1.82) is 5.26 Å². The van der Waals surface area contributed by atoms with Crippen LogP contribution in [0.3, 0.4) is 0 Å². The summed E-state index contributed by atoms with van der Waals surface area (Å²) in [6, 6.07) is 5.06. The van der Waals surface area contributed by atoms with Gasteiger partial charge < -0.3 is 19.5 Å². The summed E-state index contributed by atoms with van der Waals surface area (Å²) in [5.41, 5.74) is -0.724. The molecule has 8 heteroatoms. The SMILES string of the molecule is CCCOc1c(Cl)cc(C(=O)OCC(=O)NC2(C#N)CCCCC2)cc1OC. The molecular formula is C20H25ClN2O5. The summed E-state index contributed by atoms with van der Waals surface area (Å²) in [4.78, 5) is 24.5. The number of hydrogen-bond acceptors (Lipinski definition) is 6. The third-order valence-electron chi connectivity index (χ3n) is 4.55. The molecule has 0 bridgehead atoms. The van der Waals surface area contributed by atoms with Gasteiger partial charge in [0.05, 0.1) is 30.4 Å². The lowest BCUT2D eigenvalue weighted by atomic mass is 9.83. The van der Waals surface area contributed by atoms with Gasteiger partial charge in [0.15, 0.2) is 18.1 Å². The lowest BCUT2D eigenvalue weighted by Crippen LogP contribution is -2.50. The van der Waals surface area contributed by atoms with Crippen molar-refractivity contribution in [3.05, 3.63) is 22.7 Å². The van der Waals surface area contributed by atoms with Crippen LogP contribution in [0.5, 0.6) is 11.5 Å². The van der Waals surface area contributed by atoms with Gasteiger partial charge in [0.1, 0.15) is 5.54 Å². The largest absolute Gasteiger partial charge is 0.493 e. The first kappa shape index (κ1) is 21.8. The summed E-state index contributed by atoms with van der Waals surface area (Å²) in [6.45, 7) is 1.94. The van der Waals surface area contributed by atoms with Crippen LogP contribution < -0.4 is 14.8 Å². The van der Waals surface area contributed by atoms with Crippen LogP contribution in [0.4, 0.5) is 0 Å². The molecule has 2 rings (SSSR count). The third kappa shape index (κ3) is 5.52. The Labute approximate surface area is 169 Å². The van der Waals surface area contributed by atoms with E-state index >= 15 is 0 Å². The number of ether oxygens (including phenoxy) is 3. The highest BCUT2D eigenvalue weighted by Crippen LogP contribution is 2.36. The quantitative estimate of drug-likeness (QED) is 0.659. The number of esters is 1. The Morgan fingerprint density at radius 1 is 1.29 bits per heavy atom. The van der Waals surface area contributed by atoms with Crippen LogP contribution in [-0.2, 0) is 9.53 Å². The maximum Gasteiger partial charge on any atom is 0.338 e. The summed E-state index contributed by atoms with van der Waals surface area (Å²) in [5.74, 6) is -0.554.